The van der Waals surface area contributed by atoms with Crippen molar-refractivity contribution in [1.82, 2.24) is 10.6 Å². The fraction of sp³-hybridized carbons (Fsp3) is 0.933. The zero-order chi connectivity index (χ0) is 13.8. The Morgan fingerprint density at radius 3 is 2.26 bits per heavy atom. The molecule has 2 fully saturated rings. The Morgan fingerprint density at radius 1 is 1.16 bits per heavy atom. The summed E-state index contributed by atoms with van der Waals surface area (Å²) in [7, 11) is 1.85. The summed E-state index contributed by atoms with van der Waals surface area (Å²) in [6.07, 6.45) is 6.76. The lowest BCUT2D eigenvalue weighted by molar-refractivity contribution is -0.0971. The number of hydrogen-bond donors (Lipinski definition) is 2. The second-order valence-corrected chi connectivity index (χ2v) is 6.64. The van der Waals surface area contributed by atoms with Crippen LogP contribution in [0.25, 0.3) is 0 Å². The SMILES string of the molecule is CCC1(CNC(=NC)NCC2(C)COC2)CCCC1. The fourth-order valence-electron chi connectivity index (χ4n) is 3.12. The molecule has 1 aliphatic heterocycles. The third-order valence-corrected chi connectivity index (χ3v) is 4.85. The zero-order valence-electron chi connectivity index (χ0n) is 12.7. The molecule has 2 N–H and O–H groups in total. The van der Waals surface area contributed by atoms with Gasteiger partial charge in [0.25, 0.3) is 0 Å². The first kappa shape index (κ1) is 14.6. The van der Waals surface area contributed by atoms with Gasteiger partial charge in [0.1, 0.15) is 0 Å². The molecule has 0 aromatic carbocycles. The topological polar surface area (TPSA) is 45.7 Å². The summed E-state index contributed by atoms with van der Waals surface area (Å²) in [6, 6.07) is 0. The fourth-order valence-corrected chi connectivity index (χ4v) is 3.12. The Kier molecular flexibility index (Phi) is 4.71. The molecule has 1 heterocycles. The predicted octanol–water partition coefficient (Wildman–Crippen LogP) is 2.16. The molecule has 4 heteroatoms. The molecule has 1 aliphatic carbocycles. The smallest absolute Gasteiger partial charge is 0.191 e. The monoisotopic (exact) mass is 267 g/mol. The van der Waals surface area contributed by atoms with E-state index in [0.29, 0.717) is 5.41 Å². The molecule has 2 rings (SSSR count). The Bertz CT molecular complexity index is 317. The summed E-state index contributed by atoms with van der Waals surface area (Å²) in [4.78, 5) is 4.33. The first-order chi connectivity index (χ1) is 9.11. The van der Waals surface area contributed by atoms with Gasteiger partial charge in [-0.3, -0.25) is 4.99 Å². The summed E-state index contributed by atoms with van der Waals surface area (Å²) in [5, 5.41) is 6.96. The van der Waals surface area contributed by atoms with E-state index in [1.165, 1.54) is 32.1 Å². The summed E-state index contributed by atoms with van der Waals surface area (Å²) in [5.41, 5.74) is 0.786. The predicted molar refractivity (Wildman–Crippen MR) is 79.5 cm³/mol. The molecule has 0 bridgehead atoms. The molecule has 19 heavy (non-hydrogen) atoms. The van der Waals surface area contributed by atoms with Crippen LogP contribution < -0.4 is 10.6 Å². The van der Waals surface area contributed by atoms with Crippen molar-refractivity contribution in [3.63, 3.8) is 0 Å². The second kappa shape index (κ2) is 6.12. The number of rotatable bonds is 5. The van der Waals surface area contributed by atoms with Gasteiger partial charge in [0.2, 0.25) is 0 Å². The highest BCUT2D eigenvalue weighted by Gasteiger charge is 2.34. The van der Waals surface area contributed by atoms with E-state index in [-0.39, 0.29) is 5.41 Å². The zero-order valence-corrected chi connectivity index (χ0v) is 12.7. The van der Waals surface area contributed by atoms with Crippen LogP contribution >= 0.6 is 0 Å². The van der Waals surface area contributed by atoms with Crippen molar-refractivity contribution in [2.45, 2.75) is 46.0 Å². The third-order valence-electron chi connectivity index (χ3n) is 4.85. The number of aliphatic imine (C=N–C) groups is 1. The van der Waals surface area contributed by atoms with Crippen LogP contribution in [0.1, 0.15) is 46.0 Å². The number of hydrogen-bond acceptors (Lipinski definition) is 2. The van der Waals surface area contributed by atoms with Gasteiger partial charge in [-0.05, 0) is 24.7 Å². The summed E-state index contributed by atoms with van der Waals surface area (Å²) >= 11 is 0. The number of guanidine groups is 1. The molecule has 1 saturated carbocycles. The van der Waals surface area contributed by atoms with Crippen molar-refractivity contribution in [2.24, 2.45) is 15.8 Å². The lowest BCUT2D eigenvalue weighted by Crippen LogP contribution is -2.52. The van der Waals surface area contributed by atoms with Crippen molar-refractivity contribution >= 4 is 5.96 Å². The van der Waals surface area contributed by atoms with E-state index < -0.39 is 0 Å². The Morgan fingerprint density at radius 2 is 1.79 bits per heavy atom. The maximum Gasteiger partial charge on any atom is 0.191 e. The quantitative estimate of drug-likeness (QED) is 0.593. The molecule has 0 atom stereocenters. The van der Waals surface area contributed by atoms with Crippen molar-refractivity contribution in [3.05, 3.63) is 0 Å². The lowest BCUT2D eigenvalue weighted by atomic mass is 9.83. The molecule has 0 unspecified atom stereocenters. The van der Waals surface area contributed by atoms with Gasteiger partial charge in [-0.2, -0.15) is 0 Å². The van der Waals surface area contributed by atoms with E-state index in [1.54, 1.807) is 0 Å². The third kappa shape index (κ3) is 3.62. The van der Waals surface area contributed by atoms with E-state index in [1.807, 2.05) is 7.05 Å². The van der Waals surface area contributed by atoms with E-state index in [0.717, 1.165) is 32.3 Å². The maximum atomic E-state index is 5.28. The average Bonchev–Trinajstić information content (AvgIpc) is 2.86. The normalized spacial score (nSPS) is 24.9. The number of ether oxygens (including phenoxy) is 1. The largest absolute Gasteiger partial charge is 0.380 e. The molecule has 0 aromatic heterocycles. The van der Waals surface area contributed by atoms with E-state index >= 15 is 0 Å². The Balaban J connectivity index is 1.76. The highest BCUT2D eigenvalue weighted by Crippen LogP contribution is 2.40. The molecular formula is C15H29N3O. The van der Waals surface area contributed by atoms with Crippen molar-refractivity contribution < 1.29 is 4.74 Å². The molecule has 0 spiro atoms. The van der Waals surface area contributed by atoms with Gasteiger partial charge >= 0.3 is 0 Å². The number of nitrogens with zero attached hydrogens (tertiary/aromatic N) is 1. The average molecular weight is 267 g/mol. The summed E-state index contributed by atoms with van der Waals surface area (Å²) < 4.78 is 5.28. The first-order valence-corrected chi connectivity index (χ1v) is 7.64. The van der Waals surface area contributed by atoms with Gasteiger partial charge in [-0.15, -0.1) is 0 Å². The van der Waals surface area contributed by atoms with Gasteiger partial charge in [0.05, 0.1) is 13.2 Å². The minimum atomic E-state index is 0.285. The van der Waals surface area contributed by atoms with Crippen LogP contribution in [0.2, 0.25) is 0 Å². The molecule has 0 aromatic rings. The van der Waals surface area contributed by atoms with Gasteiger partial charge < -0.3 is 15.4 Å². The van der Waals surface area contributed by atoms with E-state index in [9.17, 15) is 0 Å². The number of nitrogens with one attached hydrogen (secondary N) is 2. The van der Waals surface area contributed by atoms with Crippen molar-refractivity contribution in [2.75, 3.05) is 33.4 Å². The van der Waals surface area contributed by atoms with Crippen LogP contribution in [0.5, 0.6) is 0 Å². The van der Waals surface area contributed by atoms with Crippen LogP contribution in [0.3, 0.4) is 0 Å². The van der Waals surface area contributed by atoms with Gasteiger partial charge in [-0.25, -0.2) is 0 Å². The van der Waals surface area contributed by atoms with Crippen LogP contribution in [-0.2, 0) is 4.74 Å². The second-order valence-electron chi connectivity index (χ2n) is 6.64. The van der Waals surface area contributed by atoms with Gasteiger partial charge in [-0.1, -0.05) is 26.7 Å². The van der Waals surface area contributed by atoms with E-state index in [4.69, 9.17) is 4.74 Å². The van der Waals surface area contributed by atoms with Crippen LogP contribution in [0.15, 0.2) is 4.99 Å². The minimum absolute atomic E-state index is 0.285. The molecule has 2 aliphatic rings. The summed E-state index contributed by atoms with van der Waals surface area (Å²) in [6.45, 7) is 8.27. The molecular weight excluding hydrogens is 238 g/mol. The van der Waals surface area contributed by atoms with Crippen LogP contribution in [0, 0.1) is 10.8 Å². The molecule has 0 amide bonds. The lowest BCUT2D eigenvalue weighted by Gasteiger charge is -2.38. The molecule has 4 nitrogen and oxygen atoms in total. The first-order valence-electron chi connectivity index (χ1n) is 7.64. The highest BCUT2D eigenvalue weighted by molar-refractivity contribution is 5.79. The van der Waals surface area contributed by atoms with Crippen molar-refractivity contribution in [1.29, 1.82) is 0 Å². The summed E-state index contributed by atoms with van der Waals surface area (Å²) in [5.74, 6) is 0.938. The minimum Gasteiger partial charge on any atom is -0.380 e. The van der Waals surface area contributed by atoms with Crippen LogP contribution in [-0.4, -0.2) is 39.3 Å². The maximum absolute atomic E-state index is 5.28. The Labute approximate surface area is 117 Å². The highest BCUT2D eigenvalue weighted by atomic mass is 16.5. The van der Waals surface area contributed by atoms with E-state index in [2.05, 4.69) is 29.5 Å². The molecule has 110 valence electrons. The van der Waals surface area contributed by atoms with Gasteiger partial charge in [0, 0.05) is 25.6 Å². The molecule has 1 saturated heterocycles. The van der Waals surface area contributed by atoms with Crippen molar-refractivity contribution in [3.8, 4) is 0 Å². The standard InChI is InChI=1S/C15H29N3O/c1-4-15(7-5-6-8-15)10-18-13(16-3)17-9-14(2)11-19-12-14/h4-12H2,1-3H3,(H2,16,17,18). The molecule has 0 radical (unpaired) electrons. The Hall–Kier alpha value is -0.770. The van der Waals surface area contributed by atoms with Crippen LogP contribution in [0.4, 0.5) is 0 Å². The van der Waals surface area contributed by atoms with Gasteiger partial charge in [0.15, 0.2) is 5.96 Å².